The molecule has 0 radical (unpaired) electrons. The second-order valence-corrected chi connectivity index (χ2v) is 1.61. The van der Waals surface area contributed by atoms with Crippen molar-refractivity contribution in [3.63, 3.8) is 0 Å². The fourth-order valence-corrected chi connectivity index (χ4v) is 0.589. The van der Waals surface area contributed by atoms with Crippen LogP contribution in [0.25, 0.3) is 6.08 Å². The minimum Gasteiger partial charge on any atom is -0.0985 e. The van der Waals surface area contributed by atoms with Gasteiger partial charge in [-0.25, -0.2) is 0 Å². The van der Waals surface area contributed by atoms with E-state index in [0.29, 0.717) is 0 Å². The van der Waals surface area contributed by atoms with Gasteiger partial charge in [0.1, 0.15) is 0 Å². The first-order chi connectivity index (χ1) is 4.93. The molecule has 0 heterocycles. The van der Waals surface area contributed by atoms with E-state index in [1.165, 1.54) is 5.56 Å². The third-order valence-electron chi connectivity index (χ3n) is 1.04. The van der Waals surface area contributed by atoms with Gasteiger partial charge in [-0.05, 0) is 5.56 Å². The third kappa shape index (κ3) is 2.77. The third-order valence-corrected chi connectivity index (χ3v) is 1.04. The highest BCUT2D eigenvalue weighted by atomic mass is 16.7. The molecular weight excluding hydrogens is 128 g/mol. The van der Waals surface area contributed by atoms with Gasteiger partial charge in [0.25, 0.3) is 0 Å². The van der Waals surface area contributed by atoms with Crippen molar-refractivity contribution in [3.05, 3.63) is 52.4 Å². The molecule has 0 bridgehead atoms. The van der Waals surface area contributed by atoms with Crippen molar-refractivity contribution in [1.82, 2.24) is 0 Å². The van der Waals surface area contributed by atoms with E-state index in [1.54, 1.807) is 0 Å². The van der Waals surface area contributed by atoms with Crippen LogP contribution in [0.1, 0.15) is 5.56 Å². The summed E-state index contributed by atoms with van der Waals surface area (Å²) in [5.74, 6) is 0. The highest BCUT2D eigenvalue weighted by Gasteiger charge is 1.75. The van der Waals surface area contributed by atoms with Gasteiger partial charge in [-0.2, -0.15) is 0 Å². The van der Waals surface area contributed by atoms with Crippen LogP contribution in [0, 0.1) is 9.93 Å². The first-order valence-electron chi connectivity index (χ1n) is 2.77. The minimum absolute atomic E-state index is 1.17. The van der Waals surface area contributed by atoms with Crippen LogP contribution in [0.2, 0.25) is 0 Å². The highest BCUT2D eigenvalue weighted by Crippen LogP contribution is 1.97. The average molecular weight is 136 g/mol. The number of rotatable bonds is 1. The summed E-state index contributed by atoms with van der Waals surface area (Å²) in [6.45, 7) is 3.63. The Labute approximate surface area is 59.4 Å². The maximum Gasteiger partial charge on any atom is 0 e. The standard InChI is InChI=1S/C8H8.O2/c1-2-8-6-4-3-5-7-8;1-2/h2-7H,1H2;. The topological polar surface area (TPSA) is 34.1 Å². The summed E-state index contributed by atoms with van der Waals surface area (Å²) in [6.07, 6.45) is 1.83. The molecular formula is C8H8O2. The van der Waals surface area contributed by atoms with E-state index >= 15 is 0 Å². The van der Waals surface area contributed by atoms with Crippen LogP contribution in [-0.4, -0.2) is 0 Å². The van der Waals surface area contributed by atoms with Gasteiger partial charge < -0.3 is 0 Å². The maximum atomic E-state index is 7.00. The summed E-state index contributed by atoms with van der Waals surface area (Å²) in [4.78, 5) is 14.0. The summed E-state index contributed by atoms with van der Waals surface area (Å²) in [6, 6.07) is 10.0. The molecule has 0 spiro atoms. The molecule has 2 heteroatoms. The molecule has 0 aliphatic heterocycles. The molecule has 0 aliphatic rings. The zero-order chi connectivity index (χ0) is 7.82. The molecule has 10 heavy (non-hydrogen) atoms. The van der Waals surface area contributed by atoms with Crippen molar-refractivity contribution in [3.8, 4) is 0 Å². The molecule has 0 amide bonds. The molecule has 0 saturated heterocycles. The van der Waals surface area contributed by atoms with Crippen LogP contribution in [0.3, 0.4) is 0 Å². The molecule has 0 fully saturated rings. The molecule has 0 aromatic heterocycles. The Morgan fingerprint density at radius 1 is 1.10 bits per heavy atom. The Morgan fingerprint density at radius 2 is 1.60 bits per heavy atom. The highest BCUT2D eigenvalue weighted by molar-refractivity contribution is 5.45. The SMILES string of the molecule is C=Cc1ccccc1.O=O. The molecule has 0 unspecified atom stereocenters. The van der Waals surface area contributed by atoms with Gasteiger partial charge in [0, 0.05) is 9.93 Å². The van der Waals surface area contributed by atoms with Crippen LogP contribution >= 0.6 is 0 Å². The Morgan fingerprint density at radius 3 is 1.90 bits per heavy atom. The lowest BCUT2D eigenvalue weighted by Crippen LogP contribution is -1.63. The Bertz CT molecular complexity index is 182. The van der Waals surface area contributed by atoms with Gasteiger partial charge in [0.15, 0.2) is 0 Å². The molecule has 1 rings (SSSR count). The quantitative estimate of drug-likeness (QED) is 0.594. The van der Waals surface area contributed by atoms with Gasteiger partial charge in [0.05, 0.1) is 0 Å². The summed E-state index contributed by atoms with van der Waals surface area (Å²) < 4.78 is 0. The van der Waals surface area contributed by atoms with Crippen LogP contribution in [0.4, 0.5) is 0 Å². The van der Waals surface area contributed by atoms with E-state index < -0.39 is 0 Å². The molecule has 2 nitrogen and oxygen atoms in total. The van der Waals surface area contributed by atoms with Crippen LogP contribution < -0.4 is 0 Å². The predicted octanol–water partition coefficient (Wildman–Crippen LogP) is 2.40. The molecule has 0 aliphatic carbocycles. The van der Waals surface area contributed by atoms with E-state index in [0.717, 1.165) is 0 Å². The van der Waals surface area contributed by atoms with Crippen LogP contribution in [0.5, 0.6) is 0 Å². The summed E-state index contributed by atoms with van der Waals surface area (Å²) in [7, 11) is 0. The Hall–Kier alpha value is -1.44. The van der Waals surface area contributed by atoms with Crippen molar-refractivity contribution >= 4 is 6.08 Å². The lowest BCUT2D eigenvalue weighted by Gasteiger charge is -1.85. The lowest BCUT2D eigenvalue weighted by atomic mass is 10.2. The smallest absolute Gasteiger partial charge is 0 e. The molecule has 0 N–H and O–H groups in total. The maximum absolute atomic E-state index is 7.00. The second kappa shape index (κ2) is 5.69. The van der Waals surface area contributed by atoms with Gasteiger partial charge in [0.2, 0.25) is 0 Å². The van der Waals surface area contributed by atoms with Gasteiger partial charge in [-0.3, -0.25) is 0 Å². The number of benzene rings is 1. The monoisotopic (exact) mass is 136 g/mol. The zero-order valence-electron chi connectivity index (χ0n) is 5.49. The first-order valence-corrected chi connectivity index (χ1v) is 2.77. The Balaban J connectivity index is 0.000000371. The largest absolute Gasteiger partial charge is 0.0985 e. The number of hydrogen-bond acceptors (Lipinski definition) is 2. The van der Waals surface area contributed by atoms with E-state index in [4.69, 9.17) is 9.93 Å². The van der Waals surface area contributed by atoms with Crippen molar-refractivity contribution in [1.29, 1.82) is 0 Å². The predicted molar refractivity (Wildman–Crippen MR) is 43.3 cm³/mol. The van der Waals surface area contributed by atoms with E-state index in [-0.39, 0.29) is 0 Å². The summed E-state index contributed by atoms with van der Waals surface area (Å²) in [5.41, 5.74) is 1.17. The van der Waals surface area contributed by atoms with Gasteiger partial charge in [-0.1, -0.05) is 43.0 Å². The minimum atomic E-state index is 1.17. The Kier molecular flexibility index (Phi) is 4.87. The van der Waals surface area contributed by atoms with E-state index in [2.05, 4.69) is 6.58 Å². The second-order valence-electron chi connectivity index (χ2n) is 1.61. The van der Waals surface area contributed by atoms with E-state index in [1.807, 2.05) is 36.4 Å². The first kappa shape index (κ1) is 8.56. The summed E-state index contributed by atoms with van der Waals surface area (Å²) >= 11 is 0. The molecule has 52 valence electrons. The fraction of sp³-hybridized carbons (Fsp3) is 0. The number of hydrogen-bond donors (Lipinski definition) is 0. The van der Waals surface area contributed by atoms with Crippen LogP contribution in [-0.2, 0) is 0 Å². The van der Waals surface area contributed by atoms with Crippen molar-refractivity contribution < 1.29 is 0 Å². The molecule has 0 saturated carbocycles. The molecule has 0 atom stereocenters. The van der Waals surface area contributed by atoms with E-state index in [9.17, 15) is 0 Å². The van der Waals surface area contributed by atoms with Crippen molar-refractivity contribution in [2.24, 2.45) is 0 Å². The van der Waals surface area contributed by atoms with Crippen molar-refractivity contribution in [2.45, 2.75) is 0 Å². The fourth-order valence-electron chi connectivity index (χ4n) is 0.589. The molecule has 1 aromatic rings. The van der Waals surface area contributed by atoms with Gasteiger partial charge >= 0.3 is 0 Å². The average Bonchev–Trinajstić information content (AvgIpc) is 2.10. The van der Waals surface area contributed by atoms with Gasteiger partial charge in [-0.15, -0.1) is 0 Å². The summed E-state index contributed by atoms with van der Waals surface area (Å²) in [5, 5.41) is 0. The lowest BCUT2D eigenvalue weighted by molar-refractivity contribution is 1.67. The van der Waals surface area contributed by atoms with Crippen molar-refractivity contribution in [2.75, 3.05) is 0 Å². The van der Waals surface area contributed by atoms with Crippen LogP contribution in [0.15, 0.2) is 36.9 Å². The zero-order valence-corrected chi connectivity index (χ0v) is 5.49. The molecule has 1 aromatic carbocycles. The normalized spacial score (nSPS) is 7.20.